The molecule has 0 aromatic rings. The van der Waals surface area contributed by atoms with Crippen molar-refractivity contribution in [1.82, 2.24) is 21.3 Å². The van der Waals surface area contributed by atoms with Crippen LogP contribution in [0.1, 0.15) is 13.8 Å². The smallest absolute Gasteiger partial charge is 0.244 e. The molecule has 0 aromatic heterocycles. The number of thiol groups is 4. The third-order valence-electron chi connectivity index (χ3n) is 2.42. The molecular formula is C13H26N4O4S4. The molecule has 0 heterocycles. The summed E-state index contributed by atoms with van der Waals surface area (Å²) >= 11 is 15.6. The van der Waals surface area contributed by atoms with Crippen molar-refractivity contribution in [3.8, 4) is 0 Å². The molecule has 146 valence electrons. The van der Waals surface area contributed by atoms with Crippen LogP contribution < -0.4 is 21.3 Å². The Hall–Kier alpha value is -0.720. The first-order valence-corrected chi connectivity index (χ1v) is 9.79. The number of hydrogen-bond acceptors (Lipinski definition) is 8. The summed E-state index contributed by atoms with van der Waals surface area (Å²) in [5.74, 6) is 0.420. The largest absolute Gasteiger partial charge is 0.353 e. The molecular weight excluding hydrogens is 404 g/mol. The summed E-state index contributed by atoms with van der Waals surface area (Å²) in [6, 6.07) is -1.13. The van der Waals surface area contributed by atoms with E-state index in [0.717, 1.165) is 0 Å². The third kappa shape index (κ3) is 15.3. The van der Waals surface area contributed by atoms with Gasteiger partial charge in [0.15, 0.2) is 0 Å². The first-order chi connectivity index (χ1) is 11.7. The summed E-state index contributed by atoms with van der Waals surface area (Å²) in [7, 11) is 0. The number of nitrogens with one attached hydrogen (secondary N) is 4. The van der Waals surface area contributed by atoms with Crippen LogP contribution in [0.15, 0.2) is 0 Å². The second-order valence-electron chi connectivity index (χ2n) is 4.59. The molecule has 2 atom stereocenters. The molecule has 0 aliphatic heterocycles. The minimum absolute atomic E-state index is 0.223. The molecule has 0 aliphatic carbocycles. The van der Waals surface area contributed by atoms with Crippen molar-refractivity contribution in [3.05, 3.63) is 0 Å². The molecule has 0 saturated carbocycles. The van der Waals surface area contributed by atoms with Crippen molar-refractivity contribution >= 4 is 74.1 Å². The summed E-state index contributed by atoms with van der Waals surface area (Å²) in [5, 5.41) is 10.0. The molecule has 0 bridgehead atoms. The van der Waals surface area contributed by atoms with Crippen molar-refractivity contribution in [1.29, 1.82) is 0 Å². The quantitative estimate of drug-likeness (QED) is 0.175. The fourth-order valence-corrected chi connectivity index (χ4v) is 2.16. The first-order valence-electron chi connectivity index (χ1n) is 7.26. The van der Waals surface area contributed by atoms with E-state index >= 15 is 0 Å². The first kappa shape index (κ1) is 26.5. The van der Waals surface area contributed by atoms with Gasteiger partial charge in [-0.1, -0.05) is 0 Å². The Labute approximate surface area is 170 Å². The summed E-state index contributed by atoms with van der Waals surface area (Å²) in [4.78, 5) is 43.6. The zero-order valence-corrected chi connectivity index (χ0v) is 17.7. The monoisotopic (exact) mass is 430 g/mol. The second kappa shape index (κ2) is 16.7. The van der Waals surface area contributed by atoms with E-state index in [1.54, 1.807) is 0 Å². The van der Waals surface area contributed by atoms with Gasteiger partial charge in [0, 0.05) is 37.7 Å². The van der Waals surface area contributed by atoms with Crippen molar-refractivity contribution in [2.24, 2.45) is 0 Å². The van der Waals surface area contributed by atoms with E-state index in [0.29, 0.717) is 12.3 Å². The van der Waals surface area contributed by atoms with Crippen LogP contribution in [-0.4, -0.2) is 65.4 Å². The minimum Gasteiger partial charge on any atom is -0.353 e. The van der Waals surface area contributed by atoms with Crippen LogP contribution in [0.3, 0.4) is 0 Å². The highest BCUT2D eigenvalue weighted by atomic mass is 32.1. The maximum absolute atomic E-state index is 11.3. The normalized spacial score (nSPS) is 11.9. The fourth-order valence-electron chi connectivity index (χ4n) is 1.38. The molecule has 0 aromatic carbocycles. The standard InChI is InChI=1S/C7H14N2O2S2.C6H12N2O2S2/c1-5(10)9-6(4-13)7(11)8-2-3-12;1-4(9)8-5(2-11)6(10)7-3-12/h6,12-13H,2-4H2,1H3,(H,8,11)(H,9,10);5,11-12H,2-3H2,1H3,(H,7,10)(H,8,9)/t6-;/m0./s1. The SMILES string of the molecule is CC(=O)NC(CS)C(=O)NCS.CC(=O)N[C@@H](CS)C(=O)NCCS. The highest BCUT2D eigenvalue weighted by Crippen LogP contribution is 1.89. The Morgan fingerprint density at radius 1 is 0.760 bits per heavy atom. The van der Waals surface area contributed by atoms with Gasteiger partial charge >= 0.3 is 0 Å². The lowest BCUT2D eigenvalue weighted by Gasteiger charge is -2.14. The molecule has 0 spiro atoms. The fraction of sp³-hybridized carbons (Fsp3) is 0.692. The Bertz CT molecular complexity index is 440. The summed E-state index contributed by atoms with van der Waals surface area (Å²) in [6.45, 7) is 3.21. The van der Waals surface area contributed by atoms with E-state index < -0.39 is 12.1 Å². The van der Waals surface area contributed by atoms with Gasteiger partial charge in [0.05, 0.1) is 5.88 Å². The van der Waals surface area contributed by atoms with Gasteiger partial charge in [0.1, 0.15) is 12.1 Å². The van der Waals surface area contributed by atoms with Gasteiger partial charge in [0.2, 0.25) is 23.6 Å². The van der Waals surface area contributed by atoms with E-state index in [9.17, 15) is 19.2 Å². The van der Waals surface area contributed by atoms with E-state index in [1.165, 1.54) is 13.8 Å². The maximum atomic E-state index is 11.3. The number of carbonyl (C=O) groups excluding carboxylic acids is 4. The predicted octanol–water partition coefficient (Wildman–Crippen LogP) is -1.11. The van der Waals surface area contributed by atoms with Crippen molar-refractivity contribution < 1.29 is 19.2 Å². The average molecular weight is 431 g/mol. The minimum atomic E-state index is -0.571. The van der Waals surface area contributed by atoms with Gasteiger partial charge in [-0.05, 0) is 0 Å². The van der Waals surface area contributed by atoms with Crippen LogP contribution in [0.2, 0.25) is 0 Å². The Kier molecular flexibility index (Phi) is 17.7. The second-order valence-corrected chi connectivity index (χ2v) is 6.08. The van der Waals surface area contributed by atoms with Crippen molar-refractivity contribution in [2.75, 3.05) is 29.7 Å². The van der Waals surface area contributed by atoms with Crippen molar-refractivity contribution in [3.63, 3.8) is 0 Å². The number of carbonyl (C=O) groups is 4. The zero-order chi connectivity index (χ0) is 19.8. The van der Waals surface area contributed by atoms with Gasteiger partial charge in [-0.15, -0.1) is 0 Å². The van der Waals surface area contributed by atoms with Crippen LogP contribution in [0, 0.1) is 0 Å². The molecule has 4 amide bonds. The van der Waals surface area contributed by atoms with Gasteiger partial charge in [-0.25, -0.2) is 0 Å². The highest BCUT2D eigenvalue weighted by Gasteiger charge is 2.16. The molecule has 0 saturated heterocycles. The number of hydrogen-bond donors (Lipinski definition) is 8. The zero-order valence-electron chi connectivity index (χ0n) is 14.1. The molecule has 4 N–H and O–H groups in total. The van der Waals surface area contributed by atoms with Crippen LogP contribution in [0.4, 0.5) is 0 Å². The van der Waals surface area contributed by atoms with Gasteiger partial charge < -0.3 is 21.3 Å². The molecule has 25 heavy (non-hydrogen) atoms. The molecule has 0 rings (SSSR count). The molecule has 0 radical (unpaired) electrons. The molecule has 1 unspecified atom stereocenters. The maximum Gasteiger partial charge on any atom is 0.244 e. The predicted molar refractivity (Wildman–Crippen MR) is 112 cm³/mol. The van der Waals surface area contributed by atoms with Crippen LogP contribution >= 0.6 is 50.5 Å². The summed E-state index contributed by atoms with van der Waals surface area (Å²) < 4.78 is 0. The third-order valence-corrected chi connectivity index (χ3v) is 3.53. The Balaban J connectivity index is 0. The lowest BCUT2D eigenvalue weighted by Crippen LogP contribution is -2.47. The van der Waals surface area contributed by atoms with Crippen LogP contribution in [0.5, 0.6) is 0 Å². The topological polar surface area (TPSA) is 116 Å². The Morgan fingerprint density at radius 3 is 1.44 bits per heavy atom. The average Bonchev–Trinajstić information content (AvgIpc) is 2.55. The van der Waals surface area contributed by atoms with E-state index in [4.69, 9.17) is 0 Å². The highest BCUT2D eigenvalue weighted by molar-refractivity contribution is 7.80. The Morgan fingerprint density at radius 2 is 1.16 bits per heavy atom. The van der Waals surface area contributed by atoms with E-state index in [1.807, 2.05) is 0 Å². The van der Waals surface area contributed by atoms with Gasteiger partial charge in [-0.2, -0.15) is 50.5 Å². The van der Waals surface area contributed by atoms with Crippen LogP contribution in [-0.2, 0) is 19.2 Å². The lowest BCUT2D eigenvalue weighted by molar-refractivity contribution is -0.127. The van der Waals surface area contributed by atoms with E-state index in [-0.39, 0.29) is 41.0 Å². The van der Waals surface area contributed by atoms with E-state index in [2.05, 4.69) is 71.8 Å². The molecule has 0 fully saturated rings. The van der Waals surface area contributed by atoms with Crippen molar-refractivity contribution in [2.45, 2.75) is 25.9 Å². The number of amides is 4. The number of rotatable bonds is 9. The molecule has 12 heteroatoms. The molecule has 8 nitrogen and oxygen atoms in total. The van der Waals surface area contributed by atoms with Gasteiger partial charge in [0.25, 0.3) is 0 Å². The van der Waals surface area contributed by atoms with Crippen LogP contribution in [0.25, 0.3) is 0 Å². The van der Waals surface area contributed by atoms with Gasteiger partial charge in [-0.3, -0.25) is 19.2 Å². The lowest BCUT2D eigenvalue weighted by atomic mass is 10.3. The summed E-state index contributed by atoms with van der Waals surface area (Å²) in [6.07, 6.45) is 0. The molecule has 0 aliphatic rings. The summed E-state index contributed by atoms with van der Waals surface area (Å²) in [5.41, 5.74) is 0.